The Bertz CT molecular complexity index is 1420. The fourth-order valence-electron chi connectivity index (χ4n) is 3.93. The summed E-state index contributed by atoms with van der Waals surface area (Å²) < 4.78 is 47.7. The van der Waals surface area contributed by atoms with Crippen LogP contribution in [0.1, 0.15) is 32.8 Å². The third-order valence-corrected chi connectivity index (χ3v) is 8.46. The molecule has 3 aromatic rings. The maximum absolute atomic E-state index is 14.0. The number of halogens is 2. The van der Waals surface area contributed by atoms with Gasteiger partial charge in [0.05, 0.1) is 17.7 Å². The summed E-state index contributed by atoms with van der Waals surface area (Å²) >= 11 is 6.23. The van der Waals surface area contributed by atoms with Crippen molar-refractivity contribution in [3.05, 3.63) is 89.2 Å². The first-order chi connectivity index (χ1) is 19.0. The van der Waals surface area contributed by atoms with Gasteiger partial charge >= 0.3 is 0 Å². The summed E-state index contributed by atoms with van der Waals surface area (Å²) in [7, 11) is -2.90. The van der Waals surface area contributed by atoms with Gasteiger partial charge in [-0.3, -0.25) is 13.9 Å². The molecule has 2 amide bonds. The molecule has 0 saturated heterocycles. The third-order valence-electron chi connectivity index (χ3n) is 6.45. The summed E-state index contributed by atoms with van der Waals surface area (Å²) in [4.78, 5) is 28.3. The monoisotopic (exact) mass is 589 g/mol. The van der Waals surface area contributed by atoms with Crippen LogP contribution in [0.5, 0.6) is 5.75 Å². The Balaban J connectivity index is 2.08. The van der Waals surface area contributed by atoms with E-state index in [1.54, 1.807) is 31.2 Å². The van der Waals surface area contributed by atoms with Crippen molar-refractivity contribution in [3.63, 3.8) is 0 Å². The highest BCUT2D eigenvalue weighted by molar-refractivity contribution is 7.92. The summed E-state index contributed by atoms with van der Waals surface area (Å²) in [5, 5.41) is 3.10. The average molecular weight is 590 g/mol. The van der Waals surface area contributed by atoms with Gasteiger partial charge in [0.2, 0.25) is 11.8 Å². The van der Waals surface area contributed by atoms with Crippen LogP contribution in [0.2, 0.25) is 5.02 Å². The number of benzene rings is 3. The number of hydrogen-bond donors (Lipinski definition) is 1. The molecule has 0 spiro atoms. The molecule has 8 nitrogen and oxygen atoms in total. The van der Waals surface area contributed by atoms with E-state index in [0.717, 1.165) is 4.31 Å². The van der Waals surface area contributed by atoms with Crippen molar-refractivity contribution in [2.45, 2.75) is 50.7 Å². The van der Waals surface area contributed by atoms with Gasteiger partial charge in [-0.25, -0.2) is 12.8 Å². The Labute approximate surface area is 239 Å². The predicted molar refractivity (Wildman–Crippen MR) is 153 cm³/mol. The van der Waals surface area contributed by atoms with Gasteiger partial charge in [0.15, 0.2) is 0 Å². The smallest absolute Gasteiger partial charge is 0.264 e. The number of rotatable bonds is 12. The molecule has 0 bridgehead atoms. The fraction of sp³-hybridized carbons (Fsp3) is 0.310. The Morgan fingerprint density at radius 2 is 1.68 bits per heavy atom. The second-order valence-corrected chi connectivity index (χ2v) is 11.6. The van der Waals surface area contributed by atoms with E-state index < -0.39 is 40.2 Å². The second-order valence-electron chi connectivity index (χ2n) is 9.28. The molecule has 0 heterocycles. The van der Waals surface area contributed by atoms with Crippen molar-refractivity contribution in [3.8, 4) is 5.75 Å². The van der Waals surface area contributed by atoms with E-state index in [9.17, 15) is 22.4 Å². The first-order valence-electron chi connectivity index (χ1n) is 12.7. The molecule has 0 unspecified atom stereocenters. The maximum atomic E-state index is 14.0. The van der Waals surface area contributed by atoms with E-state index in [0.29, 0.717) is 12.0 Å². The topological polar surface area (TPSA) is 96.0 Å². The first kappa shape index (κ1) is 30.9. The Morgan fingerprint density at radius 3 is 2.27 bits per heavy atom. The Morgan fingerprint density at radius 1 is 1.02 bits per heavy atom. The highest BCUT2D eigenvalue weighted by Crippen LogP contribution is 2.35. The molecule has 0 radical (unpaired) electrons. The van der Waals surface area contributed by atoms with E-state index in [1.807, 2.05) is 13.8 Å². The molecule has 2 atom stereocenters. The van der Waals surface area contributed by atoms with E-state index in [4.69, 9.17) is 16.3 Å². The van der Waals surface area contributed by atoms with Crippen LogP contribution in [-0.4, -0.2) is 50.9 Å². The molecule has 40 heavy (non-hydrogen) atoms. The van der Waals surface area contributed by atoms with Crippen molar-refractivity contribution in [2.75, 3.05) is 18.0 Å². The minimum absolute atomic E-state index is 0.0440. The normalized spacial score (nSPS) is 12.8. The Kier molecular flexibility index (Phi) is 10.5. The van der Waals surface area contributed by atoms with Crippen LogP contribution in [0.3, 0.4) is 0 Å². The average Bonchev–Trinajstić information content (AvgIpc) is 2.95. The van der Waals surface area contributed by atoms with Crippen LogP contribution in [0.15, 0.2) is 77.7 Å². The maximum Gasteiger partial charge on any atom is 0.264 e. The number of amides is 2. The molecule has 0 aliphatic rings. The molecular formula is C29H33ClFN3O5S. The van der Waals surface area contributed by atoms with Crippen LogP contribution in [0.4, 0.5) is 10.1 Å². The van der Waals surface area contributed by atoms with Gasteiger partial charge in [0.25, 0.3) is 10.0 Å². The van der Waals surface area contributed by atoms with Crippen LogP contribution in [0, 0.1) is 5.82 Å². The van der Waals surface area contributed by atoms with Gasteiger partial charge in [0.1, 0.15) is 24.2 Å². The minimum Gasteiger partial charge on any atom is -0.495 e. The summed E-state index contributed by atoms with van der Waals surface area (Å²) in [6.45, 7) is 4.61. The molecule has 0 aliphatic heterocycles. The van der Waals surface area contributed by atoms with Gasteiger partial charge in [-0.05, 0) is 68.3 Å². The highest BCUT2D eigenvalue weighted by atomic mass is 35.5. The number of nitrogens with one attached hydrogen (secondary N) is 1. The molecular weight excluding hydrogens is 557 g/mol. The van der Waals surface area contributed by atoms with E-state index in [1.165, 1.54) is 60.5 Å². The van der Waals surface area contributed by atoms with E-state index in [-0.39, 0.29) is 33.9 Å². The molecule has 0 fully saturated rings. The number of carbonyl (C=O) groups is 2. The van der Waals surface area contributed by atoms with E-state index in [2.05, 4.69) is 5.32 Å². The zero-order chi connectivity index (χ0) is 29.4. The number of ether oxygens (including phenoxy) is 1. The molecule has 214 valence electrons. The largest absolute Gasteiger partial charge is 0.495 e. The van der Waals surface area contributed by atoms with Gasteiger partial charge in [-0.15, -0.1) is 0 Å². The van der Waals surface area contributed by atoms with Gasteiger partial charge < -0.3 is 15.0 Å². The standard InChI is InChI=1S/C29H33ClFN3O5S/c1-5-20(2)32-29(36)21(3)33(18-22-11-14-24(31)15-12-22)28(35)19-34(26-17-23(30)13-16-27(26)39-4)40(37,38)25-9-7-6-8-10-25/h6-17,20-21H,5,18-19H2,1-4H3,(H,32,36)/t20-,21+/m1/s1. The van der Waals surface area contributed by atoms with Gasteiger partial charge in [-0.2, -0.15) is 0 Å². The fourth-order valence-corrected chi connectivity index (χ4v) is 5.53. The molecule has 0 aliphatic carbocycles. The SMILES string of the molecule is CC[C@@H](C)NC(=O)[C@H](C)N(Cc1ccc(F)cc1)C(=O)CN(c1cc(Cl)ccc1OC)S(=O)(=O)c1ccccc1. The van der Waals surface area contributed by atoms with Crippen LogP contribution < -0.4 is 14.4 Å². The summed E-state index contributed by atoms with van der Waals surface area (Å²) in [6, 6.07) is 16.5. The molecule has 11 heteroatoms. The van der Waals surface area contributed by atoms with Gasteiger partial charge in [0, 0.05) is 17.6 Å². The number of anilines is 1. The zero-order valence-electron chi connectivity index (χ0n) is 22.8. The highest BCUT2D eigenvalue weighted by Gasteiger charge is 2.34. The molecule has 0 saturated carbocycles. The van der Waals surface area contributed by atoms with Crippen molar-refractivity contribution in [1.82, 2.24) is 10.2 Å². The Hall–Kier alpha value is -3.63. The lowest BCUT2D eigenvalue weighted by atomic mass is 10.1. The molecule has 3 aromatic carbocycles. The number of carbonyl (C=O) groups excluding carboxylic acids is 2. The van der Waals surface area contributed by atoms with Crippen molar-refractivity contribution in [1.29, 1.82) is 0 Å². The molecule has 1 N–H and O–H groups in total. The van der Waals surface area contributed by atoms with E-state index >= 15 is 0 Å². The number of nitrogens with zero attached hydrogens (tertiary/aromatic N) is 2. The predicted octanol–water partition coefficient (Wildman–Crippen LogP) is 5.02. The van der Waals surface area contributed by atoms with Crippen molar-refractivity contribution in [2.24, 2.45) is 0 Å². The second kappa shape index (κ2) is 13.6. The lowest BCUT2D eigenvalue weighted by Crippen LogP contribution is -2.52. The van der Waals surface area contributed by atoms with Crippen LogP contribution in [-0.2, 0) is 26.2 Å². The van der Waals surface area contributed by atoms with Crippen molar-refractivity contribution >= 4 is 39.1 Å². The molecule has 3 rings (SSSR count). The van der Waals surface area contributed by atoms with Gasteiger partial charge in [-0.1, -0.05) is 48.9 Å². The number of hydrogen-bond acceptors (Lipinski definition) is 5. The number of sulfonamides is 1. The number of methoxy groups -OCH3 is 1. The first-order valence-corrected chi connectivity index (χ1v) is 14.5. The summed E-state index contributed by atoms with van der Waals surface area (Å²) in [5.41, 5.74) is 0.626. The third kappa shape index (κ3) is 7.51. The summed E-state index contributed by atoms with van der Waals surface area (Å²) in [6.07, 6.45) is 0.683. The van der Waals surface area contributed by atoms with Crippen LogP contribution in [0.25, 0.3) is 0 Å². The quantitative estimate of drug-likeness (QED) is 0.320. The summed E-state index contributed by atoms with van der Waals surface area (Å²) in [5.74, 6) is -1.32. The lowest BCUT2D eigenvalue weighted by molar-refractivity contribution is -0.139. The van der Waals surface area contributed by atoms with Crippen molar-refractivity contribution < 1.29 is 27.1 Å². The van der Waals surface area contributed by atoms with Crippen LogP contribution >= 0.6 is 11.6 Å². The lowest BCUT2D eigenvalue weighted by Gasteiger charge is -2.32. The minimum atomic E-state index is -4.28. The zero-order valence-corrected chi connectivity index (χ0v) is 24.4. The molecule has 0 aromatic heterocycles.